The van der Waals surface area contributed by atoms with Gasteiger partial charge < -0.3 is 15.8 Å². The third-order valence-corrected chi connectivity index (χ3v) is 4.82. The maximum Gasteiger partial charge on any atom is 0.270 e. The van der Waals surface area contributed by atoms with Gasteiger partial charge in [0, 0.05) is 18.3 Å². The van der Waals surface area contributed by atoms with E-state index in [9.17, 15) is 18.0 Å². The average molecular weight is 435 g/mol. The molecule has 31 heavy (non-hydrogen) atoms. The maximum atomic E-state index is 13.9. The van der Waals surface area contributed by atoms with Crippen molar-refractivity contribution in [2.45, 2.75) is 39.3 Å². The molecule has 1 atom stereocenters. The van der Waals surface area contributed by atoms with Crippen molar-refractivity contribution in [3.8, 4) is 5.88 Å². The van der Waals surface area contributed by atoms with Crippen LogP contribution in [0.15, 0.2) is 24.4 Å². The number of alkyl halides is 1. The molecular formula is C21H24F3N5O2. The van der Waals surface area contributed by atoms with Gasteiger partial charge in [-0.3, -0.25) is 13.6 Å². The van der Waals surface area contributed by atoms with Crippen molar-refractivity contribution in [1.82, 2.24) is 19.7 Å². The van der Waals surface area contributed by atoms with E-state index in [0.29, 0.717) is 11.4 Å². The third kappa shape index (κ3) is 4.96. The van der Waals surface area contributed by atoms with E-state index in [4.69, 9.17) is 10.5 Å². The van der Waals surface area contributed by atoms with E-state index in [1.54, 1.807) is 27.0 Å². The molecule has 2 heterocycles. The molecule has 0 radical (unpaired) electrons. The Labute approximate surface area is 177 Å². The molecular weight excluding hydrogens is 411 g/mol. The van der Waals surface area contributed by atoms with Crippen LogP contribution in [-0.2, 0) is 6.61 Å². The number of benzene rings is 1. The van der Waals surface area contributed by atoms with Crippen LogP contribution in [0.25, 0.3) is 5.65 Å². The summed E-state index contributed by atoms with van der Waals surface area (Å²) < 4.78 is 47.5. The van der Waals surface area contributed by atoms with Crippen molar-refractivity contribution in [3.05, 3.63) is 58.7 Å². The molecule has 0 fully saturated rings. The first kappa shape index (κ1) is 22.5. The van der Waals surface area contributed by atoms with Crippen molar-refractivity contribution in [2.75, 3.05) is 13.2 Å². The Hall–Kier alpha value is -3.14. The minimum absolute atomic E-state index is 0.0332. The standard InChI is InChI=1S/C21H24F3N5O2/c1-12-9-29-17(19(30)26-11-21(3,25)7-8-22)13(2)28-18(29)20(27-12)31-10-14-15(23)5-4-6-16(14)24/h4-6,9H,7-8,10-11,25H2,1-3H3,(H,26,30). The van der Waals surface area contributed by atoms with Crippen LogP contribution in [0.5, 0.6) is 5.88 Å². The maximum absolute atomic E-state index is 13.9. The number of carbonyl (C=O) groups is 1. The number of aryl methyl sites for hydroxylation is 2. The molecule has 0 aliphatic carbocycles. The SMILES string of the molecule is Cc1cn2c(C(=O)NCC(C)(N)CCF)c(C)nc2c(OCc2c(F)cccc2F)n1. The fourth-order valence-electron chi connectivity index (χ4n) is 3.10. The highest BCUT2D eigenvalue weighted by atomic mass is 19.1. The Morgan fingerprint density at radius 2 is 1.94 bits per heavy atom. The van der Waals surface area contributed by atoms with Gasteiger partial charge in [0.2, 0.25) is 5.65 Å². The first-order valence-corrected chi connectivity index (χ1v) is 9.68. The van der Waals surface area contributed by atoms with Crippen molar-refractivity contribution in [3.63, 3.8) is 0 Å². The van der Waals surface area contributed by atoms with Crippen molar-refractivity contribution >= 4 is 11.6 Å². The smallest absolute Gasteiger partial charge is 0.270 e. The number of imidazole rings is 1. The van der Waals surface area contributed by atoms with Gasteiger partial charge in [-0.25, -0.2) is 18.7 Å². The fourth-order valence-corrected chi connectivity index (χ4v) is 3.10. The van der Waals surface area contributed by atoms with Crippen LogP contribution < -0.4 is 15.8 Å². The number of rotatable bonds is 8. The molecule has 1 unspecified atom stereocenters. The van der Waals surface area contributed by atoms with Gasteiger partial charge in [-0.15, -0.1) is 0 Å². The summed E-state index contributed by atoms with van der Waals surface area (Å²) in [6.07, 6.45) is 1.71. The molecule has 10 heteroatoms. The zero-order valence-electron chi connectivity index (χ0n) is 17.5. The lowest BCUT2D eigenvalue weighted by atomic mass is 10.0. The van der Waals surface area contributed by atoms with E-state index in [2.05, 4.69) is 15.3 Å². The summed E-state index contributed by atoms with van der Waals surface area (Å²) in [5, 5.41) is 2.70. The first-order valence-electron chi connectivity index (χ1n) is 9.68. The summed E-state index contributed by atoms with van der Waals surface area (Å²) in [6.45, 7) is 4.06. The largest absolute Gasteiger partial charge is 0.470 e. The third-order valence-electron chi connectivity index (χ3n) is 4.82. The van der Waals surface area contributed by atoms with Crippen LogP contribution in [0.3, 0.4) is 0 Å². The fraction of sp³-hybridized carbons (Fsp3) is 0.381. The number of aromatic nitrogens is 3. The highest BCUT2D eigenvalue weighted by Gasteiger charge is 2.24. The van der Waals surface area contributed by atoms with Crippen LogP contribution in [0, 0.1) is 25.5 Å². The zero-order valence-corrected chi connectivity index (χ0v) is 17.5. The molecule has 1 amide bonds. The summed E-state index contributed by atoms with van der Waals surface area (Å²) in [6, 6.07) is 3.54. The summed E-state index contributed by atoms with van der Waals surface area (Å²) >= 11 is 0. The zero-order chi connectivity index (χ0) is 22.8. The molecule has 0 saturated heterocycles. The Balaban J connectivity index is 1.90. The number of ether oxygens (including phenoxy) is 1. The molecule has 0 bridgehead atoms. The van der Waals surface area contributed by atoms with Crippen molar-refractivity contribution < 1.29 is 22.7 Å². The average Bonchev–Trinajstić information content (AvgIpc) is 3.01. The quantitative estimate of drug-likeness (QED) is 0.567. The van der Waals surface area contributed by atoms with E-state index >= 15 is 0 Å². The minimum Gasteiger partial charge on any atom is -0.470 e. The Bertz CT molecular complexity index is 1090. The molecule has 7 nitrogen and oxygen atoms in total. The van der Waals surface area contributed by atoms with Crippen molar-refractivity contribution in [2.24, 2.45) is 5.73 Å². The number of halogens is 3. The topological polar surface area (TPSA) is 94.5 Å². The second-order valence-corrected chi connectivity index (χ2v) is 7.69. The Kier molecular flexibility index (Phi) is 6.49. The summed E-state index contributed by atoms with van der Waals surface area (Å²) in [5.41, 5.74) is 6.21. The molecule has 3 rings (SSSR count). The molecule has 0 saturated carbocycles. The van der Waals surface area contributed by atoms with Crippen LogP contribution >= 0.6 is 0 Å². The van der Waals surface area contributed by atoms with Crippen LogP contribution in [-0.4, -0.2) is 39.0 Å². The van der Waals surface area contributed by atoms with Crippen LogP contribution in [0.2, 0.25) is 0 Å². The number of fused-ring (bicyclic) bond motifs is 1. The molecule has 2 aromatic heterocycles. The van der Waals surface area contributed by atoms with E-state index in [0.717, 1.165) is 12.1 Å². The van der Waals surface area contributed by atoms with Crippen LogP contribution in [0.4, 0.5) is 13.2 Å². The molecule has 0 spiro atoms. The van der Waals surface area contributed by atoms with Gasteiger partial charge in [0.25, 0.3) is 11.8 Å². The lowest BCUT2D eigenvalue weighted by molar-refractivity contribution is 0.0936. The number of amides is 1. The van der Waals surface area contributed by atoms with Crippen molar-refractivity contribution in [1.29, 1.82) is 0 Å². The van der Waals surface area contributed by atoms with Gasteiger partial charge >= 0.3 is 0 Å². The summed E-state index contributed by atoms with van der Waals surface area (Å²) in [7, 11) is 0. The van der Waals surface area contributed by atoms with Gasteiger partial charge in [-0.2, -0.15) is 0 Å². The number of hydrogen-bond donors (Lipinski definition) is 2. The highest BCUT2D eigenvalue weighted by molar-refractivity contribution is 5.95. The minimum atomic E-state index is -0.894. The normalized spacial score (nSPS) is 13.3. The Morgan fingerprint density at radius 1 is 1.26 bits per heavy atom. The number of nitrogens with two attached hydrogens (primary N) is 1. The molecule has 0 aliphatic rings. The predicted octanol–water partition coefficient (Wildman–Crippen LogP) is 3.01. The van der Waals surface area contributed by atoms with Gasteiger partial charge in [-0.05, 0) is 39.3 Å². The number of hydrogen-bond acceptors (Lipinski definition) is 5. The number of nitrogens with one attached hydrogen (secondary N) is 1. The van der Waals surface area contributed by atoms with E-state index < -0.39 is 36.4 Å². The van der Waals surface area contributed by atoms with Gasteiger partial charge in [0.1, 0.15) is 23.9 Å². The van der Waals surface area contributed by atoms with Gasteiger partial charge in [-0.1, -0.05) is 6.07 Å². The molecule has 3 aromatic rings. The van der Waals surface area contributed by atoms with Gasteiger partial charge in [0.05, 0.1) is 23.6 Å². The van der Waals surface area contributed by atoms with E-state index in [1.807, 2.05) is 0 Å². The lowest BCUT2D eigenvalue weighted by Crippen LogP contribution is -2.48. The molecule has 3 N–H and O–H groups in total. The molecule has 0 aliphatic heterocycles. The first-order chi connectivity index (χ1) is 14.6. The summed E-state index contributed by atoms with van der Waals surface area (Å²) in [5.74, 6) is -1.88. The Morgan fingerprint density at radius 3 is 2.58 bits per heavy atom. The molecule has 1 aromatic carbocycles. The second kappa shape index (κ2) is 8.93. The van der Waals surface area contributed by atoms with E-state index in [1.165, 1.54) is 10.5 Å². The monoisotopic (exact) mass is 435 g/mol. The molecule has 166 valence electrons. The van der Waals surface area contributed by atoms with Gasteiger partial charge in [0.15, 0.2) is 0 Å². The highest BCUT2D eigenvalue weighted by Crippen LogP contribution is 2.23. The number of nitrogens with zero attached hydrogens (tertiary/aromatic N) is 3. The lowest BCUT2D eigenvalue weighted by Gasteiger charge is -2.23. The van der Waals surface area contributed by atoms with Crippen LogP contribution in [0.1, 0.15) is 40.8 Å². The number of carbonyl (C=O) groups excluding carboxylic acids is 1. The van der Waals surface area contributed by atoms with E-state index in [-0.39, 0.29) is 35.8 Å². The predicted molar refractivity (Wildman–Crippen MR) is 109 cm³/mol. The summed E-state index contributed by atoms with van der Waals surface area (Å²) in [4.78, 5) is 21.4. The second-order valence-electron chi connectivity index (χ2n) is 7.69.